The van der Waals surface area contributed by atoms with Gasteiger partial charge in [-0.15, -0.1) is 0 Å². The summed E-state index contributed by atoms with van der Waals surface area (Å²) < 4.78 is 21.4. The third-order valence-electron chi connectivity index (χ3n) is 2.41. The molecule has 2 aromatic rings. The van der Waals surface area contributed by atoms with Crippen LogP contribution in [0.15, 0.2) is 43.7 Å². The fourth-order valence-corrected chi connectivity index (χ4v) is 3.29. The van der Waals surface area contributed by atoms with Crippen molar-refractivity contribution >= 4 is 53.5 Å². The number of hydrogen-bond acceptors (Lipinski definition) is 2. The summed E-state index contributed by atoms with van der Waals surface area (Å²) in [5, 5.41) is 0. The Balaban J connectivity index is 2.19. The van der Waals surface area contributed by atoms with E-state index >= 15 is 0 Å². The summed E-state index contributed by atoms with van der Waals surface area (Å²) in [5.41, 5.74) is 6.79. The summed E-state index contributed by atoms with van der Waals surface area (Å²) in [4.78, 5) is 0. The molecule has 0 aliphatic carbocycles. The molecule has 2 nitrogen and oxygen atoms in total. The van der Waals surface area contributed by atoms with Gasteiger partial charge in [-0.3, -0.25) is 0 Å². The van der Waals surface area contributed by atoms with Gasteiger partial charge in [0.25, 0.3) is 0 Å². The monoisotopic (exact) mass is 451 g/mol. The molecule has 0 radical (unpaired) electrons. The Morgan fingerprint density at radius 1 is 1.05 bits per heavy atom. The van der Waals surface area contributed by atoms with Crippen LogP contribution < -0.4 is 10.5 Å². The molecule has 0 bridgehead atoms. The summed E-state index contributed by atoms with van der Waals surface area (Å²) in [6.45, 7) is 0.139. The topological polar surface area (TPSA) is 35.2 Å². The third kappa shape index (κ3) is 3.70. The van der Waals surface area contributed by atoms with Crippen LogP contribution in [0.5, 0.6) is 5.75 Å². The summed E-state index contributed by atoms with van der Waals surface area (Å²) in [6, 6.07) is 8.33. The summed E-state index contributed by atoms with van der Waals surface area (Å²) in [5.74, 6) is 0.286. The van der Waals surface area contributed by atoms with Gasteiger partial charge in [0, 0.05) is 15.7 Å². The molecule has 0 fully saturated rings. The number of benzene rings is 2. The molecule has 0 saturated carbocycles. The molecule has 0 atom stereocenters. The number of nitrogen functional groups attached to an aromatic ring is 1. The number of nitrogens with two attached hydrogens (primary N) is 1. The first kappa shape index (κ1) is 14.8. The molecule has 6 heteroatoms. The Bertz CT molecular complexity index is 596. The van der Waals surface area contributed by atoms with Gasteiger partial charge in [0.15, 0.2) is 0 Å². The first-order valence-corrected chi connectivity index (χ1v) is 7.66. The van der Waals surface area contributed by atoms with Gasteiger partial charge in [-0.05, 0) is 56.1 Å². The van der Waals surface area contributed by atoms with Crippen molar-refractivity contribution in [3.63, 3.8) is 0 Å². The van der Waals surface area contributed by atoms with Crippen molar-refractivity contribution in [3.8, 4) is 5.75 Å². The lowest BCUT2D eigenvalue weighted by Crippen LogP contribution is -2.00. The first-order valence-electron chi connectivity index (χ1n) is 5.28. The van der Waals surface area contributed by atoms with Crippen molar-refractivity contribution < 1.29 is 9.13 Å². The fraction of sp³-hybridized carbons (Fsp3) is 0.0769. The second kappa shape index (κ2) is 6.24. The van der Waals surface area contributed by atoms with E-state index in [-0.39, 0.29) is 12.4 Å². The smallest absolute Gasteiger partial charge is 0.148 e. The highest BCUT2D eigenvalue weighted by Crippen LogP contribution is 2.36. The highest BCUT2D eigenvalue weighted by molar-refractivity contribution is 9.11. The zero-order valence-electron chi connectivity index (χ0n) is 9.59. The lowest BCUT2D eigenvalue weighted by atomic mass is 10.2. The molecule has 0 aromatic heterocycles. The Kier molecular flexibility index (Phi) is 4.86. The van der Waals surface area contributed by atoms with Crippen LogP contribution in [0, 0.1) is 5.82 Å². The molecule has 2 N–H and O–H groups in total. The van der Waals surface area contributed by atoms with Gasteiger partial charge in [-0.2, -0.15) is 0 Å². The van der Waals surface area contributed by atoms with Crippen molar-refractivity contribution in [2.24, 2.45) is 0 Å². The minimum absolute atomic E-state index is 0.139. The van der Waals surface area contributed by atoms with E-state index in [0.29, 0.717) is 21.5 Å². The highest BCUT2D eigenvalue weighted by atomic mass is 79.9. The molecule has 0 spiro atoms. The van der Waals surface area contributed by atoms with Gasteiger partial charge in [-0.1, -0.05) is 22.0 Å². The third-order valence-corrected chi connectivity index (χ3v) is 4.08. The molecule has 0 amide bonds. The van der Waals surface area contributed by atoms with Crippen LogP contribution in [0.2, 0.25) is 0 Å². The van der Waals surface area contributed by atoms with Gasteiger partial charge in [0.2, 0.25) is 0 Å². The van der Waals surface area contributed by atoms with Crippen molar-refractivity contribution in [2.75, 3.05) is 5.73 Å². The molecular formula is C13H9Br3FNO. The largest absolute Gasteiger partial charge is 0.486 e. The van der Waals surface area contributed by atoms with Crippen LogP contribution in [-0.4, -0.2) is 0 Å². The van der Waals surface area contributed by atoms with E-state index < -0.39 is 0 Å². The van der Waals surface area contributed by atoms with E-state index in [0.717, 1.165) is 8.95 Å². The quantitative estimate of drug-likeness (QED) is 0.642. The molecule has 0 unspecified atom stereocenters. The van der Waals surface area contributed by atoms with Crippen molar-refractivity contribution in [3.05, 3.63) is 55.1 Å². The van der Waals surface area contributed by atoms with E-state index in [4.69, 9.17) is 10.5 Å². The number of halogens is 4. The van der Waals surface area contributed by atoms with E-state index in [1.165, 1.54) is 6.07 Å². The molecule has 19 heavy (non-hydrogen) atoms. The molecule has 0 saturated heterocycles. The van der Waals surface area contributed by atoms with Crippen LogP contribution in [0.25, 0.3) is 0 Å². The van der Waals surface area contributed by atoms with Crippen molar-refractivity contribution in [2.45, 2.75) is 6.61 Å². The summed E-state index contributed by atoms with van der Waals surface area (Å²) >= 11 is 9.94. The van der Waals surface area contributed by atoms with E-state index in [1.54, 1.807) is 24.3 Å². The molecule has 0 heterocycles. The summed E-state index contributed by atoms with van der Waals surface area (Å²) in [7, 11) is 0. The number of ether oxygens (including phenoxy) is 1. The van der Waals surface area contributed by atoms with E-state index in [1.807, 2.05) is 0 Å². The SMILES string of the molecule is Nc1cc(Br)c(OCc2ccc(Br)cc2F)c(Br)c1. The molecule has 2 aromatic carbocycles. The first-order chi connectivity index (χ1) is 8.97. The Morgan fingerprint density at radius 2 is 1.68 bits per heavy atom. The summed E-state index contributed by atoms with van der Waals surface area (Å²) in [6.07, 6.45) is 0. The fourth-order valence-electron chi connectivity index (χ4n) is 1.51. The number of anilines is 1. The maximum absolute atomic E-state index is 13.7. The molecule has 0 aliphatic heterocycles. The van der Waals surface area contributed by atoms with Crippen LogP contribution in [-0.2, 0) is 6.61 Å². The molecule has 100 valence electrons. The molecule has 0 aliphatic rings. The lowest BCUT2D eigenvalue weighted by Gasteiger charge is -2.11. The van der Waals surface area contributed by atoms with Gasteiger partial charge in [0.05, 0.1) is 8.95 Å². The van der Waals surface area contributed by atoms with Crippen LogP contribution in [0.1, 0.15) is 5.56 Å². The van der Waals surface area contributed by atoms with Gasteiger partial charge in [0.1, 0.15) is 18.2 Å². The van der Waals surface area contributed by atoms with Crippen molar-refractivity contribution in [1.29, 1.82) is 0 Å². The Hall–Kier alpha value is -0.590. The second-order valence-electron chi connectivity index (χ2n) is 3.84. The van der Waals surface area contributed by atoms with Gasteiger partial charge in [-0.25, -0.2) is 4.39 Å². The minimum atomic E-state index is -0.308. The van der Waals surface area contributed by atoms with Crippen LogP contribution in [0.3, 0.4) is 0 Å². The number of hydrogen-bond donors (Lipinski definition) is 1. The predicted molar refractivity (Wildman–Crippen MR) is 84.7 cm³/mol. The maximum atomic E-state index is 13.7. The normalized spacial score (nSPS) is 10.5. The van der Waals surface area contributed by atoms with Gasteiger partial charge < -0.3 is 10.5 Å². The standard InChI is InChI=1S/C13H9Br3FNO/c14-8-2-1-7(12(17)3-8)6-19-13-10(15)4-9(18)5-11(13)16/h1-5H,6,18H2. The van der Waals surface area contributed by atoms with Crippen LogP contribution >= 0.6 is 47.8 Å². The Morgan fingerprint density at radius 3 is 2.26 bits per heavy atom. The van der Waals surface area contributed by atoms with E-state index in [2.05, 4.69) is 47.8 Å². The predicted octanol–water partition coefficient (Wildman–Crippen LogP) is 5.27. The second-order valence-corrected chi connectivity index (χ2v) is 6.46. The average molecular weight is 454 g/mol. The number of rotatable bonds is 3. The average Bonchev–Trinajstić information content (AvgIpc) is 2.30. The zero-order valence-corrected chi connectivity index (χ0v) is 14.3. The minimum Gasteiger partial charge on any atom is -0.486 e. The van der Waals surface area contributed by atoms with E-state index in [9.17, 15) is 4.39 Å². The Labute approximate surface area is 135 Å². The molecular weight excluding hydrogens is 445 g/mol. The maximum Gasteiger partial charge on any atom is 0.148 e. The van der Waals surface area contributed by atoms with Crippen molar-refractivity contribution in [1.82, 2.24) is 0 Å². The zero-order chi connectivity index (χ0) is 14.0. The van der Waals surface area contributed by atoms with Crippen LogP contribution in [0.4, 0.5) is 10.1 Å². The highest BCUT2D eigenvalue weighted by Gasteiger charge is 2.10. The molecule has 2 rings (SSSR count). The lowest BCUT2D eigenvalue weighted by molar-refractivity contribution is 0.296. The van der Waals surface area contributed by atoms with Gasteiger partial charge >= 0.3 is 0 Å².